The van der Waals surface area contributed by atoms with E-state index in [1.54, 1.807) is 24.5 Å². The molecule has 0 fully saturated rings. The monoisotopic (exact) mass is 402 g/mol. The summed E-state index contributed by atoms with van der Waals surface area (Å²) in [6.07, 6.45) is 1.80. The third-order valence-corrected chi connectivity index (χ3v) is 4.74. The van der Waals surface area contributed by atoms with Gasteiger partial charge >= 0.3 is 0 Å². The lowest BCUT2D eigenvalue weighted by Gasteiger charge is -2.19. The largest absolute Gasteiger partial charge is 0.343 e. The molecule has 3 N–H and O–H groups in total. The highest BCUT2D eigenvalue weighted by atomic mass is 19.1. The molecule has 30 heavy (non-hydrogen) atoms. The van der Waals surface area contributed by atoms with Crippen LogP contribution in [0.25, 0.3) is 11.0 Å². The topological polar surface area (TPSA) is 86.9 Å². The van der Waals surface area contributed by atoms with Crippen LogP contribution >= 0.6 is 0 Å². The zero-order chi connectivity index (χ0) is 20.9. The van der Waals surface area contributed by atoms with E-state index in [1.807, 2.05) is 36.4 Å². The van der Waals surface area contributed by atoms with Crippen molar-refractivity contribution in [1.82, 2.24) is 15.3 Å². The van der Waals surface area contributed by atoms with E-state index in [0.29, 0.717) is 16.7 Å². The van der Waals surface area contributed by atoms with Crippen LogP contribution in [0.5, 0.6) is 0 Å². The van der Waals surface area contributed by atoms with Crippen LogP contribution in [0.15, 0.2) is 79.1 Å². The highest BCUT2D eigenvalue weighted by Crippen LogP contribution is 2.20. The fourth-order valence-electron chi connectivity index (χ4n) is 3.23. The summed E-state index contributed by atoms with van der Waals surface area (Å²) in [6, 6.07) is 19.4. The number of aromatic nitrogens is 2. The van der Waals surface area contributed by atoms with E-state index in [1.165, 1.54) is 18.2 Å². The summed E-state index contributed by atoms with van der Waals surface area (Å²) in [4.78, 5) is 32.9. The average molecular weight is 402 g/mol. The minimum atomic E-state index is -0.905. The Morgan fingerprint density at radius 3 is 2.53 bits per heavy atom. The molecule has 7 heteroatoms. The lowest BCUT2D eigenvalue weighted by atomic mass is 10.0. The van der Waals surface area contributed by atoms with Gasteiger partial charge in [-0.1, -0.05) is 48.5 Å². The van der Waals surface area contributed by atoms with E-state index in [-0.39, 0.29) is 12.0 Å². The molecule has 1 unspecified atom stereocenters. The van der Waals surface area contributed by atoms with Gasteiger partial charge in [0.25, 0.3) is 5.91 Å². The van der Waals surface area contributed by atoms with E-state index in [0.717, 1.165) is 5.56 Å². The van der Waals surface area contributed by atoms with Crippen molar-refractivity contribution in [3.8, 4) is 0 Å². The van der Waals surface area contributed by atoms with Crippen molar-refractivity contribution in [2.75, 3.05) is 5.32 Å². The zero-order valence-corrected chi connectivity index (χ0v) is 15.9. The number of H-pyrrole nitrogens is 1. The number of fused-ring (bicyclic) bond motifs is 1. The molecule has 2 amide bonds. The molecule has 0 bridgehead atoms. The lowest BCUT2D eigenvalue weighted by molar-refractivity contribution is -0.118. The summed E-state index contributed by atoms with van der Waals surface area (Å²) in [5.41, 5.74) is 2.70. The second-order valence-electron chi connectivity index (χ2n) is 6.79. The van der Waals surface area contributed by atoms with Crippen LogP contribution in [-0.4, -0.2) is 27.8 Å². The number of benzene rings is 3. The van der Waals surface area contributed by atoms with Gasteiger partial charge < -0.3 is 15.6 Å². The SMILES string of the molecule is O=C(NC(Cc1ccccc1)C(=O)Nc1cccc2nc[nH]c12)c1ccccc1F. The molecule has 4 rings (SSSR count). The summed E-state index contributed by atoms with van der Waals surface area (Å²) in [5, 5.41) is 5.51. The van der Waals surface area contributed by atoms with Crippen molar-refractivity contribution in [2.24, 2.45) is 0 Å². The molecule has 1 heterocycles. The van der Waals surface area contributed by atoms with Gasteiger partial charge in [0.2, 0.25) is 5.91 Å². The number of amides is 2. The van der Waals surface area contributed by atoms with Gasteiger partial charge in [0.05, 0.1) is 28.6 Å². The molecule has 1 aromatic heterocycles. The Morgan fingerprint density at radius 2 is 1.73 bits per heavy atom. The first-order valence-corrected chi connectivity index (χ1v) is 9.44. The fourth-order valence-corrected chi connectivity index (χ4v) is 3.23. The molecular formula is C23H19FN4O2. The van der Waals surface area contributed by atoms with Crippen LogP contribution in [0.2, 0.25) is 0 Å². The summed E-state index contributed by atoms with van der Waals surface area (Å²) in [6.45, 7) is 0. The van der Waals surface area contributed by atoms with Crippen LogP contribution in [0.3, 0.4) is 0 Å². The Balaban J connectivity index is 1.59. The number of para-hydroxylation sites is 1. The molecule has 0 radical (unpaired) electrons. The minimum absolute atomic E-state index is 0.112. The third-order valence-electron chi connectivity index (χ3n) is 4.74. The van der Waals surface area contributed by atoms with Gasteiger partial charge in [0.1, 0.15) is 11.9 Å². The Kier molecular flexibility index (Phi) is 5.52. The van der Waals surface area contributed by atoms with E-state index >= 15 is 0 Å². The maximum atomic E-state index is 14.0. The molecule has 0 aliphatic heterocycles. The standard InChI is InChI=1S/C23H19FN4O2/c24-17-10-5-4-9-16(17)22(29)28-20(13-15-7-2-1-3-8-15)23(30)27-19-12-6-11-18-21(19)26-14-25-18/h1-12,14,20H,13H2,(H,25,26)(H,27,30)(H,28,29). The van der Waals surface area contributed by atoms with Crippen molar-refractivity contribution in [2.45, 2.75) is 12.5 Å². The third kappa shape index (κ3) is 4.20. The van der Waals surface area contributed by atoms with Crippen LogP contribution < -0.4 is 10.6 Å². The quantitative estimate of drug-likeness (QED) is 0.460. The first kappa shape index (κ1) is 19.3. The smallest absolute Gasteiger partial charge is 0.254 e. The van der Waals surface area contributed by atoms with Crippen molar-refractivity contribution >= 4 is 28.5 Å². The lowest BCUT2D eigenvalue weighted by Crippen LogP contribution is -2.45. The summed E-state index contributed by atoms with van der Waals surface area (Å²) < 4.78 is 14.0. The van der Waals surface area contributed by atoms with Crippen LogP contribution in [0.4, 0.5) is 10.1 Å². The molecule has 6 nitrogen and oxygen atoms in total. The highest BCUT2D eigenvalue weighted by Gasteiger charge is 2.24. The van der Waals surface area contributed by atoms with Gasteiger partial charge in [-0.15, -0.1) is 0 Å². The van der Waals surface area contributed by atoms with Gasteiger partial charge in [-0.05, 0) is 29.8 Å². The maximum Gasteiger partial charge on any atom is 0.254 e. The van der Waals surface area contributed by atoms with Crippen LogP contribution in [0.1, 0.15) is 15.9 Å². The number of nitrogens with zero attached hydrogens (tertiary/aromatic N) is 1. The molecule has 0 aliphatic rings. The highest BCUT2D eigenvalue weighted by molar-refractivity contribution is 6.04. The zero-order valence-electron chi connectivity index (χ0n) is 15.9. The minimum Gasteiger partial charge on any atom is -0.343 e. The number of nitrogens with one attached hydrogen (secondary N) is 3. The molecule has 150 valence electrons. The van der Waals surface area contributed by atoms with E-state index < -0.39 is 23.7 Å². The van der Waals surface area contributed by atoms with Crippen LogP contribution in [0, 0.1) is 5.82 Å². The maximum absolute atomic E-state index is 14.0. The number of carbonyl (C=O) groups excluding carboxylic acids is 2. The van der Waals surface area contributed by atoms with Crippen molar-refractivity contribution in [3.05, 3.63) is 96.1 Å². The molecule has 0 saturated heterocycles. The van der Waals surface area contributed by atoms with E-state index in [4.69, 9.17) is 0 Å². The molecule has 0 aliphatic carbocycles. The summed E-state index contributed by atoms with van der Waals surface area (Å²) in [5.74, 6) is -1.70. The first-order chi connectivity index (χ1) is 14.6. The van der Waals surface area contributed by atoms with Gasteiger partial charge in [0.15, 0.2) is 0 Å². The second kappa shape index (κ2) is 8.57. The number of hydrogen-bond donors (Lipinski definition) is 3. The number of imidazole rings is 1. The number of halogens is 1. The van der Waals surface area contributed by atoms with Gasteiger partial charge in [-0.2, -0.15) is 0 Å². The predicted octanol–water partition coefficient (Wildman–Crippen LogP) is 3.68. The molecular weight excluding hydrogens is 383 g/mol. The Hall–Kier alpha value is -4.00. The Bertz CT molecular complexity index is 1190. The summed E-state index contributed by atoms with van der Waals surface area (Å²) >= 11 is 0. The summed E-state index contributed by atoms with van der Waals surface area (Å²) in [7, 11) is 0. The Labute approximate surface area is 172 Å². The normalized spacial score (nSPS) is 11.8. The Morgan fingerprint density at radius 1 is 0.967 bits per heavy atom. The molecule has 4 aromatic rings. The first-order valence-electron chi connectivity index (χ1n) is 9.44. The van der Waals surface area contributed by atoms with Gasteiger partial charge in [0, 0.05) is 6.42 Å². The molecule has 1 atom stereocenters. The molecule has 3 aromatic carbocycles. The molecule has 0 spiro atoms. The number of carbonyl (C=O) groups is 2. The number of hydrogen-bond acceptors (Lipinski definition) is 3. The number of anilines is 1. The van der Waals surface area contributed by atoms with Gasteiger partial charge in [-0.3, -0.25) is 9.59 Å². The van der Waals surface area contributed by atoms with Crippen LogP contribution in [-0.2, 0) is 11.2 Å². The van der Waals surface area contributed by atoms with Gasteiger partial charge in [-0.25, -0.2) is 9.37 Å². The van der Waals surface area contributed by atoms with E-state index in [2.05, 4.69) is 20.6 Å². The predicted molar refractivity (Wildman–Crippen MR) is 113 cm³/mol. The van der Waals surface area contributed by atoms with Crippen molar-refractivity contribution in [1.29, 1.82) is 0 Å². The van der Waals surface area contributed by atoms with Crippen molar-refractivity contribution < 1.29 is 14.0 Å². The molecule has 0 saturated carbocycles. The number of aromatic amines is 1. The number of rotatable bonds is 6. The average Bonchev–Trinajstić information content (AvgIpc) is 3.24. The van der Waals surface area contributed by atoms with E-state index in [9.17, 15) is 14.0 Å². The van der Waals surface area contributed by atoms with Crippen molar-refractivity contribution in [3.63, 3.8) is 0 Å². The second-order valence-corrected chi connectivity index (χ2v) is 6.79. The fraction of sp³-hybridized carbons (Fsp3) is 0.0870.